The number of rotatable bonds is 4. The SMILES string of the molecule is Nc1cccc(COc2cc(Cl)ccc2[N+](=O)[O-])c1. The van der Waals surface area contributed by atoms with E-state index in [4.69, 9.17) is 22.1 Å². The molecule has 0 amide bonds. The van der Waals surface area contributed by atoms with Crippen molar-refractivity contribution in [3.05, 3.63) is 63.2 Å². The Hall–Kier alpha value is -2.27. The Morgan fingerprint density at radius 2 is 2.05 bits per heavy atom. The van der Waals surface area contributed by atoms with E-state index in [0.717, 1.165) is 5.56 Å². The second-order valence-electron chi connectivity index (χ2n) is 3.90. The minimum Gasteiger partial charge on any atom is -0.482 e. The van der Waals surface area contributed by atoms with E-state index in [9.17, 15) is 10.1 Å². The van der Waals surface area contributed by atoms with Gasteiger partial charge >= 0.3 is 5.69 Å². The number of nitro benzene ring substituents is 1. The van der Waals surface area contributed by atoms with Crippen molar-refractivity contribution >= 4 is 23.0 Å². The number of nitrogens with two attached hydrogens (primary N) is 1. The lowest BCUT2D eigenvalue weighted by Gasteiger charge is -2.07. The number of ether oxygens (including phenoxy) is 1. The smallest absolute Gasteiger partial charge is 0.311 e. The highest BCUT2D eigenvalue weighted by Gasteiger charge is 2.15. The third-order valence-electron chi connectivity index (χ3n) is 2.46. The van der Waals surface area contributed by atoms with Gasteiger partial charge in [-0.25, -0.2) is 0 Å². The fourth-order valence-corrected chi connectivity index (χ4v) is 1.76. The van der Waals surface area contributed by atoms with Gasteiger partial charge in [0.2, 0.25) is 0 Å². The van der Waals surface area contributed by atoms with Crippen molar-refractivity contribution in [3.63, 3.8) is 0 Å². The molecule has 0 radical (unpaired) electrons. The van der Waals surface area contributed by atoms with Gasteiger partial charge < -0.3 is 10.5 Å². The van der Waals surface area contributed by atoms with Crippen molar-refractivity contribution in [2.24, 2.45) is 0 Å². The molecule has 0 aliphatic heterocycles. The molecule has 0 aromatic heterocycles. The molecule has 0 unspecified atom stereocenters. The summed E-state index contributed by atoms with van der Waals surface area (Å²) in [6.45, 7) is 0.187. The second kappa shape index (κ2) is 5.58. The maximum atomic E-state index is 10.9. The summed E-state index contributed by atoms with van der Waals surface area (Å²) in [5.41, 5.74) is 6.97. The Morgan fingerprint density at radius 3 is 2.74 bits per heavy atom. The summed E-state index contributed by atoms with van der Waals surface area (Å²) >= 11 is 5.81. The predicted octanol–water partition coefficient (Wildman–Crippen LogP) is 3.41. The van der Waals surface area contributed by atoms with Gasteiger partial charge in [0, 0.05) is 22.8 Å². The average molecular weight is 279 g/mol. The van der Waals surface area contributed by atoms with Gasteiger partial charge in [-0.3, -0.25) is 10.1 Å². The number of halogens is 1. The Labute approximate surface area is 114 Å². The molecule has 0 fully saturated rings. The molecule has 0 saturated heterocycles. The number of hydrogen-bond acceptors (Lipinski definition) is 4. The Morgan fingerprint density at radius 1 is 1.26 bits per heavy atom. The molecule has 6 heteroatoms. The highest BCUT2D eigenvalue weighted by Crippen LogP contribution is 2.30. The summed E-state index contributed by atoms with van der Waals surface area (Å²) in [5, 5.41) is 11.2. The van der Waals surface area contributed by atoms with Crippen LogP contribution in [-0.2, 0) is 6.61 Å². The maximum Gasteiger partial charge on any atom is 0.311 e. The molecule has 2 rings (SSSR count). The lowest BCUT2D eigenvalue weighted by molar-refractivity contribution is -0.385. The Kier molecular flexibility index (Phi) is 3.87. The van der Waals surface area contributed by atoms with E-state index >= 15 is 0 Å². The van der Waals surface area contributed by atoms with Gasteiger partial charge in [-0.1, -0.05) is 23.7 Å². The summed E-state index contributed by atoms with van der Waals surface area (Å²) in [7, 11) is 0. The van der Waals surface area contributed by atoms with Crippen LogP contribution in [0.25, 0.3) is 0 Å². The molecule has 0 bridgehead atoms. The third-order valence-corrected chi connectivity index (χ3v) is 2.70. The first kappa shape index (κ1) is 13.2. The zero-order valence-electron chi connectivity index (χ0n) is 9.88. The predicted molar refractivity (Wildman–Crippen MR) is 73.3 cm³/mol. The molecular formula is C13H11ClN2O3. The second-order valence-corrected chi connectivity index (χ2v) is 4.34. The van der Waals surface area contributed by atoms with Crippen molar-refractivity contribution in [2.45, 2.75) is 6.61 Å². The van der Waals surface area contributed by atoms with Crippen molar-refractivity contribution in [1.82, 2.24) is 0 Å². The first-order chi connectivity index (χ1) is 9.06. The molecule has 98 valence electrons. The van der Waals surface area contributed by atoms with Gasteiger partial charge in [0.05, 0.1) is 4.92 Å². The lowest BCUT2D eigenvalue weighted by Crippen LogP contribution is -1.99. The molecule has 0 saturated carbocycles. The standard InChI is InChI=1S/C13H11ClN2O3/c14-10-4-5-12(16(17)18)13(7-10)19-8-9-2-1-3-11(15)6-9/h1-7H,8,15H2. The van der Waals surface area contributed by atoms with Crippen LogP contribution in [0.3, 0.4) is 0 Å². The van der Waals surface area contributed by atoms with E-state index in [1.54, 1.807) is 18.2 Å². The van der Waals surface area contributed by atoms with E-state index in [0.29, 0.717) is 10.7 Å². The first-order valence-electron chi connectivity index (χ1n) is 5.47. The number of nitrogens with zero attached hydrogens (tertiary/aromatic N) is 1. The Balaban J connectivity index is 2.19. The molecule has 0 aliphatic rings. The number of anilines is 1. The highest BCUT2D eigenvalue weighted by molar-refractivity contribution is 6.30. The molecule has 0 spiro atoms. The topological polar surface area (TPSA) is 78.4 Å². The molecule has 5 nitrogen and oxygen atoms in total. The largest absolute Gasteiger partial charge is 0.482 e. The van der Waals surface area contributed by atoms with Gasteiger partial charge in [-0.2, -0.15) is 0 Å². The van der Waals surface area contributed by atoms with E-state index in [2.05, 4.69) is 0 Å². The average Bonchev–Trinajstić information content (AvgIpc) is 2.36. The summed E-state index contributed by atoms with van der Waals surface area (Å²) in [4.78, 5) is 10.4. The van der Waals surface area contributed by atoms with Gasteiger partial charge in [0.25, 0.3) is 0 Å². The highest BCUT2D eigenvalue weighted by atomic mass is 35.5. The number of benzene rings is 2. The maximum absolute atomic E-state index is 10.9. The van der Waals surface area contributed by atoms with Crippen LogP contribution in [0.5, 0.6) is 5.75 Å². The molecule has 0 aliphatic carbocycles. The fraction of sp³-hybridized carbons (Fsp3) is 0.0769. The molecule has 2 aromatic carbocycles. The van der Waals surface area contributed by atoms with Crippen molar-refractivity contribution in [2.75, 3.05) is 5.73 Å². The summed E-state index contributed by atoms with van der Waals surface area (Å²) in [6, 6.07) is 11.3. The van der Waals surface area contributed by atoms with E-state index in [-0.39, 0.29) is 18.0 Å². The molecule has 19 heavy (non-hydrogen) atoms. The van der Waals surface area contributed by atoms with Crippen LogP contribution in [0.1, 0.15) is 5.56 Å². The molecule has 0 atom stereocenters. The van der Waals surface area contributed by atoms with Crippen LogP contribution < -0.4 is 10.5 Å². The van der Waals surface area contributed by atoms with Gasteiger partial charge in [-0.15, -0.1) is 0 Å². The molecular weight excluding hydrogens is 268 g/mol. The number of hydrogen-bond donors (Lipinski definition) is 1. The van der Waals surface area contributed by atoms with Crippen LogP contribution in [0.15, 0.2) is 42.5 Å². The number of nitro groups is 1. The van der Waals surface area contributed by atoms with Crippen LogP contribution in [0.2, 0.25) is 5.02 Å². The molecule has 2 N–H and O–H groups in total. The van der Waals surface area contributed by atoms with Gasteiger partial charge in [-0.05, 0) is 23.8 Å². The van der Waals surface area contributed by atoms with E-state index in [1.807, 2.05) is 6.07 Å². The molecule has 0 heterocycles. The summed E-state index contributed by atoms with van der Waals surface area (Å²) < 4.78 is 5.44. The van der Waals surface area contributed by atoms with E-state index in [1.165, 1.54) is 18.2 Å². The van der Waals surface area contributed by atoms with Gasteiger partial charge in [0.1, 0.15) is 6.61 Å². The number of nitrogen functional groups attached to an aromatic ring is 1. The van der Waals surface area contributed by atoms with Crippen LogP contribution >= 0.6 is 11.6 Å². The summed E-state index contributed by atoms with van der Waals surface area (Å²) in [6.07, 6.45) is 0. The monoisotopic (exact) mass is 278 g/mol. The van der Waals surface area contributed by atoms with Crippen LogP contribution in [0, 0.1) is 10.1 Å². The van der Waals surface area contributed by atoms with Crippen molar-refractivity contribution < 1.29 is 9.66 Å². The molecule has 2 aromatic rings. The third kappa shape index (κ3) is 3.35. The van der Waals surface area contributed by atoms with Crippen LogP contribution in [0.4, 0.5) is 11.4 Å². The zero-order chi connectivity index (χ0) is 13.8. The minimum atomic E-state index is -0.509. The normalized spacial score (nSPS) is 10.2. The quantitative estimate of drug-likeness (QED) is 0.528. The fourth-order valence-electron chi connectivity index (χ4n) is 1.60. The Bertz CT molecular complexity index is 617. The first-order valence-corrected chi connectivity index (χ1v) is 5.85. The van der Waals surface area contributed by atoms with E-state index < -0.39 is 4.92 Å². The minimum absolute atomic E-state index is 0.117. The summed E-state index contributed by atoms with van der Waals surface area (Å²) in [5.74, 6) is 0.139. The lowest BCUT2D eigenvalue weighted by atomic mass is 10.2. The van der Waals surface area contributed by atoms with Crippen molar-refractivity contribution in [3.8, 4) is 5.75 Å². The van der Waals surface area contributed by atoms with Gasteiger partial charge in [0.15, 0.2) is 5.75 Å². The zero-order valence-corrected chi connectivity index (χ0v) is 10.6. The van der Waals surface area contributed by atoms with Crippen molar-refractivity contribution in [1.29, 1.82) is 0 Å². The van der Waals surface area contributed by atoms with Crippen LogP contribution in [-0.4, -0.2) is 4.92 Å².